The minimum absolute atomic E-state index is 0.0164. The number of phenolic OH excluding ortho intramolecular Hbond substituents is 1. The highest BCUT2D eigenvalue weighted by molar-refractivity contribution is 6.16. The molecule has 0 aliphatic heterocycles. The fourth-order valence-corrected chi connectivity index (χ4v) is 3.44. The van der Waals surface area contributed by atoms with Crippen LogP contribution >= 0.6 is 0 Å². The molecule has 0 fully saturated rings. The number of benzene rings is 3. The summed E-state index contributed by atoms with van der Waals surface area (Å²) in [5, 5.41) is 12.8. The quantitative estimate of drug-likeness (QED) is 0.655. The van der Waals surface area contributed by atoms with E-state index in [2.05, 4.69) is 0 Å². The number of aromatic hydroxyl groups is 1. The minimum atomic E-state index is -0.264. The molecule has 0 aliphatic rings. The van der Waals surface area contributed by atoms with Crippen LogP contribution in [0.25, 0.3) is 10.8 Å². The maximum Gasteiger partial charge on any atom is 0.193 e. The Balaban J connectivity index is 2.19. The molecular formula is C24H27NO2. The molecule has 0 atom stereocenters. The summed E-state index contributed by atoms with van der Waals surface area (Å²) in [5.41, 5.74) is 2.61. The van der Waals surface area contributed by atoms with E-state index in [0.29, 0.717) is 17.7 Å². The summed E-state index contributed by atoms with van der Waals surface area (Å²) in [6, 6.07) is 17.4. The lowest BCUT2D eigenvalue weighted by molar-refractivity contribution is 0.104. The Morgan fingerprint density at radius 1 is 1.00 bits per heavy atom. The summed E-state index contributed by atoms with van der Waals surface area (Å²) in [4.78, 5) is 15.4. The number of hydrogen-bond acceptors (Lipinski definition) is 3. The van der Waals surface area contributed by atoms with Crippen molar-refractivity contribution in [3.05, 3.63) is 76.9 Å². The molecule has 1 N–H and O–H groups in total. The van der Waals surface area contributed by atoms with Gasteiger partial charge < -0.3 is 10.0 Å². The van der Waals surface area contributed by atoms with Crippen LogP contribution in [0.1, 0.15) is 47.8 Å². The monoisotopic (exact) mass is 361 g/mol. The smallest absolute Gasteiger partial charge is 0.193 e. The Hall–Kier alpha value is -2.65. The molecule has 0 amide bonds. The lowest BCUT2D eigenvalue weighted by Gasteiger charge is -2.24. The number of carbonyl (C=O) groups is 1. The molecule has 3 aromatic carbocycles. The molecule has 0 saturated heterocycles. The van der Waals surface area contributed by atoms with Crippen LogP contribution in [0, 0.1) is 0 Å². The molecule has 140 valence electrons. The van der Waals surface area contributed by atoms with Crippen molar-refractivity contribution in [2.75, 3.05) is 14.1 Å². The molecule has 27 heavy (non-hydrogen) atoms. The predicted molar refractivity (Wildman–Crippen MR) is 112 cm³/mol. The SMILES string of the molecule is CN(C)Cc1cc(C(=O)c2cccc3ccccc23)cc(C(C)(C)C)c1O. The largest absolute Gasteiger partial charge is 0.507 e. The maximum absolute atomic E-state index is 13.4. The number of fused-ring (bicyclic) bond motifs is 1. The Morgan fingerprint density at radius 2 is 1.67 bits per heavy atom. The molecule has 0 radical (unpaired) electrons. The van der Waals surface area contributed by atoms with Crippen molar-refractivity contribution in [2.45, 2.75) is 32.7 Å². The highest BCUT2D eigenvalue weighted by Crippen LogP contribution is 2.36. The molecule has 0 saturated carbocycles. The van der Waals surface area contributed by atoms with Crippen LogP contribution in [0.5, 0.6) is 5.75 Å². The Bertz CT molecular complexity index is 992. The van der Waals surface area contributed by atoms with E-state index in [1.54, 1.807) is 0 Å². The van der Waals surface area contributed by atoms with Crippen molar-refractivity contribution in [2.24, 2.45) is 0 Å². The maximum atomic E-state index is 13.4. The van der Waals surface area contributed by atoms with E-state index in [4.69, 9.17) is 0 Å². The number of nitrogens with zero attached hydrogens (tertiary/aromatic N) is 1. The van der Waals surface area contributed by atoms with E-state index in [9.17, 15) is 9.90 Å². The molecule has 3 rings (SSSR count). The third-order valence-electron chi connectivity index (χ3n) is 4.78. The first-order valence-corrected chi connectivity index (χ1v) is 9.22. The van der Waals surface area contributed by atoms with Crippen LogP contribution in [0.4, 0.5) is 0 Å². The molecule has 0 bridgehead atoms. The van der Waals surface area contributed by atoms with Crippen LogP contribution in [0.15, 0.2) is 54.6 Å². The minimum Gasteiger partial charge on any atom is -0.507 e. The summed E-state index contributed by atoms with van der Waals surface area (Å²) in [7, 11) is 3.91. The molecule has 0 aliphatic carbocycles. The third-order valence-corrected chi connectivity index (χ3v) is 4.78. The van der Waals surface area contributed by atoms with Crippen molar-refractivity contribution in [3.63, 3.8) is 0 Å². The zero-order valence-electron chi connectivity index (χ0n) is 16.7. The lowest BCUT2D eigenvalue weighted by Crippen LogP contribution is -2.17. The van der Waals surface area contributed by atoms with Gasteiger partial charge in [-0.3, -0.25) is 4.79 Å². The van der Waals surface area contributed by atoms with E-state index in [0.717, 1.165) is 21.9 Å². The van der Waals surface area contributed by atoms with Gasteiger partial charge >= 0.3 is 0 Å². The van der Waals surface area contributed by atoms with Gasteiger partial charge in [-0.25, -0.2) is 0 Å². The summed E-state index contributed by atoms with van der Waals surface area (Å²) in [6.07, 6.45) is 0. The van der Waals surface area contributed by atoms with Gasteiger partial charge in [0.25, 0.3) is 0 Å². The van der Waals surface area contributed by atoms with Gasteiger partial charge in [0, 0.05) is 28.8 Å². The fourth-order valence-electron chi connectivity index (χ4n) is 3.44. The molecule has 0 heterocycles. The molecule has 3 nitrogen and oxygen atoms in total. The van der Waals surface area contributed by atoms with Crippen LogP contribution in [-0.4, -0.2) is 29.9 Å². The van der Waals surface area contributed by atoms with Crippen LogP contribution in [0.3, 0.4) is 0 Å². The van der Waals surface area contributed by atoms with Crippen molar-refractivity contribution in [1.82, 2.24) is 4.90 Å². The Morgan fingerprint density at radius 3 is 2.33 bits per heavy atom. The van der Waals surface area contributed by atoms with Crippen molar-refractivity contribution in [1.29, 1.82) is 0 Å². The van der Waals surface area contributed by atoms with Crippen molar-refractivity contribution >= 4 is 16.6 Å². The first-order valence-electron chi connectivity index (χ1n) is 9.22. The standard InChI is InChI=1S/C24H27NO2/c1-24(2,3)21-14-17(13-18(23(21)27)15-25(4)5)22(26)20-12-8-10-16-9-6-7-11-19(16)20/h6-14,27H,15H2,1-5H3. The second-order valence-corrected chi connectivity index (χ2v) is 8.38. The normalized spacial score (nSPS) is 11.9. The first kappa shape index (κ1) is 19.1. The number of carbonyl (C=O) groups excluding carboxylic acids is 1. The Kier molecular flexibility index (Phi) is 5.07. The number of rotatable bonds is 4. The van der Waals surface area contributed by atoms with E-state index >= 15 is 0 Å². The van der Waals surface area contributed by atoms with E-state index in [-0.39, 0.29) is 16.9 Å². The molecule has 3 heteroatoms. The summed E-state index contributed by atoms with van der Waals surface area (Å²) in [5.74, 6) is 0.267. The number of hydrogen-bond donors (Lipinski definition) is 1. The van der Waals surface area contributed by atoms with Gasteiger partial charge in [0.1, 0.15) is 5.75 Å². The van der Waals surface area contributed by atoms with Gasteiger partial charge in [-0.1, -0.05) is 63.2 Å². The molecule has 0 unspecified atom stereocenters. The van der Waals surface area contributed by atoms with Crippen LogP contribution < -0.4 is 0 Å². The van der Waals surface area contributed by atoms with Gasteiger partial charge in [-0.2, -0.15) is 0 Å². The van der Waals surface area contributed by atoms with Gasteiger partial charge in [-0.15, -0.1) is 0 Å². The highest BCUT2D eigenvalue weighted by Gasteiger charge is 2.24. The Labute approximate surface area is 161 Å². The first-order chi connectivity index (χ1) is 12.7. The summed E-state index contributed by atoms with van der Waals surface area (Å²) < 4.78 is 0. The zero-order valence-corrected chi connectivity index (χ0v) is 16.7. The van der Waals surface area contributed by atoms with Gasteiger partial charge in [0.15, 0.2) is 5.78 Å². The molecule has 0 aromatic heterocycles. The van der Waals surface area contributed by atoms with Crippen molar-refractivity contribution < 1.29 is 9.90 Å². The number of ketones is 1. The second kappa shape index (κ2) is 7.16. The summed E-state index contributed by atoms with van der Waals surface area (Å²) in [6.45, 7) is 6.72. The van der Waals surface area contributed by atoms with Gasteiger partial charge in [-0.05, 0) is 42.4 Å². The average Bonchev–Trinajstić information content (AvgIpc) is 2.61. The fraction of sp³-hybridized carbons (Fsp3) is 0.292. The van der Waals surface area contributed by atoms with Crippen molar-refractivity contribution in [3.8, 4) is 5.75 Å². The topological polar surface area (TPSA) is 40.5 Å². The summed E-state index contributed by atoms with van der Waals surface area (Å²) >= 11 is 0. The van der Waals surface area contributed by atoms with E-state index < -0.39 is 0 Å². The van der Waals surface area contributed by atoms with Gasteiger partial charge in [0.05, 0.1) is 0 Å². The average molecular weight is 361 g/mol. The number of phenols is 1. The van der Waals surface area contributed by atoms with E-state index in [1.165, 1.54) is 0 Å². The lowest BCUT2D eigenvalue weighted by atomic mass is 9.83. The van der Waals surface area contributed by atoms with Crippen LogP contribution in [-0.2, 0) is 12.0 Å². The zero-order chi connectivity index (χ0) is 19.8. The van der Waals surface area contributed by atoms with Crippen LogP contribution in [0.2, 0.25) is 0 Å². The predicted octanol–water partition coefficient (Wildman–Crippen LogP) is 5.14. The third kappa shape index (κ3) is 3.88. The van der Waals surface area contributed by atoms with E-state index in [1.807, 2.05) is 94.4 Å². The van der Waals surface area contributed by atoms with Gasteiger partial charge in [0.2, 0.25) is 0 Å². The molecule has 0 spiro atoms. The highest BCUT2D eigenvalue weighted by atomic mass is 16.3. The molecular weight excluding hydrogens is 334 g/mol. The molecule has 3 aromatic rings. The second-order valence-electron chi connectivity index (χ2n) is 8.38.